The molecule has 4 nitrogen and oxygen atoms in total. The van der Waals surface area contributed by atoms with Crippen LogP contribution in [0.25, 0.3) is 11.0 Å². The van der Waals surface area contributed by atoms with Gasteiger partial charge in [-0.3, -0.25) is 4.79 Å². The molecule has 0 unspecified atom stereocenters. The van der Waals surface area contributed by atoms with Gasteiger partial charge in [-0.15, -0.1) is 0 Å². The predicted octanol–water partition coefficient (Wildman–Crippen LogP) is 3.64. The third-order valence-electron chi connectivity index (χ3n) is 6.38. The number of rotatable bonds is 2. The lowest BCUT2D eigenvalue weighted by molar-refractivity contribution is -0.0168. The molecule has 2 aromatic rings. The summed E-state index contributed by atoms with van der Waals surface area (Å²) in [4.78, 5) is 22.1. The molecule has 4 heteroatoms. The number of carbonyl (C=O) groups is 1. The van der Waals surface area contributed by atoms with Crippen LogP contribution in [0.2, 0.25) is 0 Å². The van der Waals surface area contributed by atoms with E-state index in [-0.39, 0.29) is 11.4 Å². The Balaban J connectivity index is 1.46. The standard InChI is InChI=1S/C20H23N3O/c1-12-18(22-17-5-3-2-4-16(17)21-12)19(24)23-20-9-13-6-14(10-20)8-15(7-13)11-20/h2-5,13-15H,6-11H2,1H3,(H,23,24). The van der Waals surface area contributed by atoms with E-state index < -0.39 is 0 Å². The molecule has 4 aliphatic carbocycles. The Labute approximate surface area is 142 Å². The number of hydrogen-bond donors (Lipinski definition) is 1. The molecule has 0 radical (unpaired) electrons. The van der Waals surface area contributed by atoms with Gasteiger partial charge in [0.1, 0.15) is 5.69 Å². The molecule has 0 atom stereocenters. The van der Waals surface area contributed by atoms with E-state index in [1.165, 1.54) is 19.3 Å². The molecule has 0 spiro atoms. The van der Waals surface area contributed by atoms with Gasteiger partial charge in [0.2, 0.25) is 0 Å². The highest BCUT2D eigenvalue weighted by molar-refractivity contribution is 5.95. The van der Waals surface area contributed by atoms with Crippen LogP contribution in [0, 0.1) is 24.7 Å². The summed E-state index contributed by atoms with van der Waals surface area (Å²) in [6.07, 6.45) is 7.61. The van der Waals surface area contributed by atoms with Gasteiger partial charge in [-0.25, -0.2) is 9.97 Å². The number of fused-ring (bicyclic) bond motifs is 1. The number of nitrogens with one attached hydrogen (secondary N) is 1. The van der Waals surface area contributed by atoms with E-state index in [2.05, 4.69) is 15.3 Å². The molecule has 1 aromatic carbocycles. The SMILES string of the molecule is Cc1nc2ccccc2nc1C(=O)NC12CC3CC(CC(C3)C1)C2. The van der Waals surface area contributed by atoms with Gasteiger partial charge in [-0.2, -0.15) is 0 Å². The number of hydrogen-bond acceptors (Lipinski definition) is 3. The summed E-state index contributed by atoms with van der Waals surface area (Å²) in [6.45, 7) is 1.88. The van der Waals surface area contributed by atoms with Crippen LogP contribution >= 0.6 is 0 Å². The molecule has 4 saturated carbocycles. The second-order valence-corrected chi connectivity index (χ2v) is 8.30. The molecule has 4 aliphatic rings. The summed E-state index contributed by atoms with van der Waals surface area (Å²) >= 11 is 0. The molecule has 1 heterocycles. The van der Waals surface area contributed by atoms with Gasteiger partial charge in [-0.1, -0.05) is 12.1 Å². The second-order valence-electron chi connectivity index (χ2n) is 8.30. The van der Waals surface area contributed by atoms with Crippen molar-refractivity contribution in [3.05, 3.63) is 35.7 Å². The van der Waals surface area contributed by atoms with E-state index in [1.807, 2.05) is 31.2 Å². The molecular weight excluding hydrogens is 298 g/mol. The van der Waals surface area contributed by atoms with Crippen molar-refractivity contribution < 1.29 is 4.79 Å². The third kappa shape index (κ3) is 2.23. The van der Waals surface area contributed by atoms with E-state index in [9.17, 15) is 4.79 Å². The molecule has 1 amide bonds. The first kappa shape index (κ1) is 14.4. The van der Waals surface area contributed by atoms with Crippen molar-refractivity contribution in [2.24, 2.45) is 17.8 Å². The summed E-state index contributed by atoms with van der Waals surface area (Å²) in [5.41, 5.74) is 2.87. The average molecular weight is 321 g/mol. The number of benzene rings is 1. The zero-order valence-electron chi connectivity index (χ0n) is 14.1. The first-order chi connectivity index (χ1) is 11.6. The Morgan fingerprint density at radius 3 is 2.12 bits per heavy atom. The number of carbonyl (C=O) groups excluding carboxylic acids is 1. The Morgan fingerprint density at radius 2 is 1.54 bits per heavy atom. The summed E-state index contributed by atoms with van der Waals surface area (Å²) in [6, 6.07) is 7.75. The highest BCUT2D eigenvalue weighted by atomic mass is 16.2. The minimum atomic E-state index is -0.0345. The fourth-order valence-electron chi connectivity index (χ4n) is 5.87. The summed E-state index contributed by atoms with van der Waals surface area (Å²) in [5, 5.41) is 3.40. The van der Waals surface area contributed by atoms with Crippen LogP contribution in [0.4, 0.5) is 0 Å². The van der Waals surface area contributed by atoms with Crippen LogP contribution < -0.4 is 5.32 Å². The largest absolute Gasteiger partial charge is 0.345 e. The Kier molecular flexibility index (Phi) is 3.00. The molecule has 0 aliphatic heterocycles. The lowest BCUT2D eigenvalue weighted by Gasteiger charge is -2.56. The average Bonchev–Trinajstić information content (AvgIpc) is 2.52. The van der Waals surface area contributed by atoms with Gasteiger partial charge in [0.15, 0.2) is 0 Å². The Bertz CT molecular complexity index is 793. The molecule has 1 N–H and O–H groups in total. The highest BCUT2D eigenvalue weighted by Gasteiger charge is 2.51. The summed E-state index contributed by atoms with van der Waals surface area (Å²) in [7, 11) is 0. The zero-order valence-corrected chi connectivity index (χ0v) is 14.1. The molecule has 4 bridgehead atoms. The number of aromatic nitrogens is 2. The smallest absolute Gasteiger partial charge is 0.272 e. The molecule has 0 saturated heterocycles. The monoisotopic (exact) mass is 321 g/mol. The van der Waals surface area contributed by atoms with Gasteiger partial charge in [-0.05, 0) is 75.3 Å². The molecule has 24 heavy (non-hydrogen) atoms. The maximum absolute atomic E-state index is 13.0. The molecule has 1 aromatic heterocycles. The van der Waals surface area contributed by atoms with Crippen LogP contribution in [0.1, 0.15) is 54.7 Å². The molecule has 124 valence electrons. The van der Waals surface area contributed by atoms with Crippen molar-refractivity contribution in [1.82, 2.24) is 15.3 Å². The lowest BCUT2D eigenvalue weighted by Crippen LogP contribution is -2.60. The van der Waals surface area contributed by atoms with Crippen LogP contribution in [-0.4, -0.2) is 21.4 Å². The van der Waals surface area contributed by atoms with Crippen molar-refractivity contribution in [1.29, 1.82) is 0 Å². The fraction of sp³-hybridized carbons (Fsp3) is 0.550. The van der Waals surface area contributed by atoms with E-state index in [0.29, 0.717) is 5.69 Å². The third-order valence-corrected chi connectivity index (χ3v) is 6.38. The predicted molar refractivity (Wildman–Crippen MR) is 92.6 cm³/mol. The quantitative estimate of drug-likeness (QED) is 0.919. The maximum Gasteiger partial charge on any atom is 0.272 e. The fourth-order valence-corrected chi connectivity index (χ4v) is 5.87. The minimum absolute atomic E-state index is 0.0194. The van der Waals surface area contributed by atoms with E-state index in [0.717, 1.165) is 53.7 Å². The number of para-hydroxylation sites is 2. The Hall–Kier alpha value is -1.97. The number of nitrogens with zero attached hydrogens (tertiary/aromatic N) is 2. The lowest BCUT2D eigenvalue weighted by atomic mass is 9.53. The van der Waals surface area contributed by atoms with Crippen LogP contribution in [0.5, 0.6) is 0 Å². The van der Waals surface area contributed by atoms with E-state index in [4.69, 9.17) is 0 Å². The van der Waals surface area contributed by atoms with Crippen LogP contribution in [-0.2, 0) is 0 Å². The summed E-state index contributed by atoms with van der Waals surface area (Å²) in [5.74, 6) is 2.42. The topological polar surface area (TPSA) is 54.9 Å². The maximum atomic E-state index is 13.0. The van der Waals surface area contributed by atoms with Crippen molar-refractivity contribution in [3.8, 4) is 0 Å². The van der Waals surface area contributed by atoms with Crippen LogP contribution in [0.3, 0.4) is 0 Å². The molecule has 4 fully saturated rings. The van der Waals surface area contributed by atoms with Gasteiger partial charge in [0.05, 0.1) is 16.7 Å². The van der Waals surface area contributed by atoms with E-state index >= 15 is 0 Å². The number of aryl methyl sites for hydroxylation is 1. The van der Waals surface area contributed by atoms with Crippen molar-refractivity contribution in [2.75, 3.05) is 0 Å². The molecule has 6 rings (SSSR count). The minimum Gasteiger partial charge on any atom is -0.345 e. The van der Waals surface area contributed by atoms with Gasteiger partial charge < -0.3 is 5.32 Å². The van der Waals surface area contributed by atoms with Crippen LogP contribution in [0.15, 0.2) is 24.3 Å². The van der Waals surface area contributed by atoms with Crippen molar-refractivity contribution in [3.63, 3.8) is 0 Å². The summed E-state index contributed by atoms with van der Waals surface area (Å²) < 4.78 is 0. The molecular formula is C20H23N3O. The normalized spacial score (nSPS) is 33.8. The van der Waals surface area contributed by atoms with E-state index in [1.54, 1.807) is 0 Å². The van der Waals surface area contributed by atoms with Crippen molar-refractivity contribution >= 4 is 16.9 Å². The van der Waals surface area contributed by atoms with Gasteiger partial charge >= 0.3 is 0 Å². The van der Waals surface area contributed by atoms with Gasteiger partial charge in [0.25, 0.3) is 5.91 Å². The first-order valence-corrected chi connectivity index (χ1v) is 9.16. The second kappa shape index (κ2) is 5.01. The highest BCUT2D eigenvalue weighted by Crippen LogP contribution is 2.55. The van der Waals surface area contributed by atoms with Crippen molar-refractivity contribution in [2.45, 2.75) is 51.0 Å². The first-order valence-electron chi connectivity index (χ1n) is 9.16. The number of amides is 1. The van der Waals surface area contributed by atoms with Gasteiger partial charge in [0, 0.05) is 5.54 Å². The Morgan fingerprint density at radius 1 is 1.00 bits per heavy atom. The zero-order chi connectivity index (χ0) is 16.3.